The van der Waals surface area contributed by atoms with Crippen molar-refractivity contribution in [3.63, 3.8) is 0 Å². The molecular formula is C14H21BrO. The Morgan fingerprint density at radius 3 is 2.31 bits per heavy atom. The number of halogens is 1. The van der Waals surface area contributed by atoms with Gasteiger partial charge >= 0.3 is 0 Å². The van der Waals surface area contributed by atoms with E-state index in [1.54, 1.807) is 7.11 Å². The Labute approximate surface area is 107 Å². The van der Waals surface area contributed by atoms with Crippen molar-refractivity contribution in [1.29, 1.82) is 0 Å². The van der Waals surface area contributed by atoms with Crippen LogP contribution in [0.5, 0.6) is 5.75 Å². The molecule has 0 aromatic heterocycles. The zero-order valence-electron chi connectivity index (χ0n) is 10.4. The van der Waals surface area contributed by atoms with E-state index in [2.05, 4.69) is 41.9 Å². The van der Waals surface area contributed by atoms with Gasteiger partial charge in [-0.25, -0.2) is 0 Å². The minimum absolute atomic E-state index is 0.356. The van der Waals surface area contributed by atoms with E-state index in [0.717, 1.165) is 17.5 Å². The van der Waals surface area contributed by atoms with E-state index in [4.69, 9.17) is 4.74 Å². The predicted molar refractivity (Wildman–Crippen MR) is 73.5 cm³/mol. The van der Waals surface area contributed by atoms with Gasteiger partial charge in [0, 0.05) is 5.33 Å². The van der Waals surface area contributed by atoms with Gasteiger partial charge in [-0.2, -0.15) is 0 Å². The van der Waals surface area contributed by atoms with Crippen LogP contribution in [0.1, 0.15) is 32.3 Å². The molecule has 0 saturated carbocycles. The molecule has 0 fully saturated rings. The second-order valence-electron chi connectivity index (χ2n) is 4.33. The van der Waals surface area contributed by atoms with Crippen molar-refractivity contribution >= 4 is 15.9 Å². The molecule has 0 amide bonds. The summed E-state index contributed by atoms with van der Waals surface area (Å²) in [6.45, 7) is 4.53. The highest BCUT2D eigenvalue weighted by Crippen LogP contribution is 2.35. The van der Waals surface area contributed by atoms with E-state index in [1.165, 1.54) is 18.4 Å². The summed E-state index contributed by atoms with van der Waals surface area (Å²) in [5.74, 6) is 1.01. The second-order valence-corrected chi connectivity index (χ2v) is 4.89. The molecule has 0 heterocycles. The van der Waals surface area contributed by atoms with Crippen LogP contribution in [-0.2, 0) is 6.42 Å². The summed E-state index contributed by atoms with van der Waals surface area (Å²) in [5.41, 5.74) is 1.67. The first-order valence-electron chi connectivity index (χ1n) is 5.89. The highest BCUT2D eigenvalue weighted by atomic mass is 79.9. The molecule has 0 atom stereocenters. The van der Waals surface area contributed by atoms with Gasteiger partial charge < -0.3 is 4.74 Å². The van der Waals surface area contributed by atoms with Gasteiger partial charge in [-0.05, 0) is 36.3 Å². The van der Waals surface area contributed by atoms with Gasteiger partial charge in [0.15, 0.2) is 0 Å². The summed E-state index contributed by atoms with van der Waals surface area (Å²) in [6.07, 6.45) is 3.45. The highest BCUT2D eigenvalue weighted by molar-refractivity contribution is 9.09. The van der Waals surface area contributed by atoms with Crippen molar-refractivity contribution in [1.82, 2.24) is 0 Å². The molecular weight excluding hydrogens is 264 g/mol. The summed E-state index contributed by atoms with van der Waals surface area (Å²) in [4.78, 5) is 0. The van der Waals surface area contributed by atoms with E-state index in [9.17, 15) is 0 Å². The molecule has 0 aliphatic rings. The Bertz CT molecular complexity index is 310. The Morgan fingerprint density at radius 1 is 1.19 bits per heavy atom. The van der Waals surface area contributed by atoms with Gasteiger partial charge in [-0.3, -0.25) is 0 Å². The molecule has 0 saturated heterocycles. The van der Waals surface area contributed by atoms with Crippen LogP contribution in [-0.4, -0.2) is 12.4 Å². The monoisotopic (exact) mass is 284 g/mol. The van der Waals surface area contributed by atoms with Gasteiger partial charge in [0.05, 0.1) is 7.11 Å². The number of methoxy groups -OCH3 is 1. The maximum absolute atomic E-state index is 5.41. The number of rotatable bonds is 6. The minimum Gasteiger partial charge on any atom is -0.496 e. The van der Waals surface area contributed by atoms with Crippen molar-refractivity contribution in [2.24, 2.45) is 5.41 Å². The lowest BCUT2D eigenvalue weighted by Crippen LogP contribution is -2.24. The number of hydrogen-bond acceptors (Lipinski definition) is 1. The molecule has 2 heteroatoms. The first kappa shape index (κ1) is 13.6. The molecule has 0 N–H and O–H groups in total. The van der Waals surface area contributed by atoms with Gasteiger partial charge in [-0.15, -0.1) is 0 Å². The van der Waals surface area contributed by atoms with Crippen LogP contribution in [0.2, 0.25) is 0 Å². The average molecular weight is 285 g/mol. The van der Waals surface area contributed by atoms with Crippen LogP contribution in [0.3, 0.4) is 0 Å². The summed E-state index contributed by atoms with van der Waals surface area (Å²) < 4.78 is 5.41. The first-order chi connectivity index (χ1) is 7.71. The van der Waals surface area contributed by atoms with Crippen LogP contribution in [0.25, 0.3) is 0 Å². The fourth-order valence-electron chi connectivity index (χ4n) is 1.99. The quantitative estimate of drug-likeness (QED) is 0.702. The van der Waals surface area contributed by atoms with Gasteiger partial charge in [-0.1, -0.05) is 48.0 Å². The topological polar surface area (TPSA) is 9.23 Å². The van der Waals surface area contributed by atoms with Crippen molar-refractivity contribution in [2.45, 2.75) is 33.1 Å². The van der Waals surface area contributed by atoms with E-state index >= 15 is 0 Å². The van der Waals surface area contributed by atoms with Crippen molar-refractivity contribution in [2.75, 3.05) is 12.4 Å². The lowest BCUT2D eigenvalue weighted by Gasteiger charge is -2.30. The Morgan fingerprint density at radius 2 is 1.81 bits per heavy atom. The fourth-order valence-corrected chi connectivity index (χ4v) is 2.98. The zero-order chi connectivity index (χ0) is 12.0. The van der Waals surface area contributed by atoms with Crippen LogP contribution in [0.4, 0.5) is 0 Å². The third kappa shape index (κ3) is 3.00. The van der Waals surface area contributed by atoms with Crippen LogP contribution in [0, 0.1) is 5.41 Å². The minimum atomic E-state index is 0.356. The van der Waals surface area contributed by atoms with E-state index in [-0.39, 0.29) is 0 Å². The number of hydrogen-bond donors (Lipinski definition) is 0. The van der Waals surface area contributed by atoms with E-state index < -0.39 is 0 Å². The molecule has 0 radical (unpaired) electrons. The molecule has 0 spiro atoms. The van der Waals surface area contributed by atoms with Crippen LogP contribution in [0.15, 0.2) is 24.3 Å². The second kappa shape index (κ2) is 6.29. The van der Waals surface area contributed by atoms with Crippen LogP contribution >= 0.6 is 15.9 Å². The van der Waals surface area contributed by atoms with Crippen LogP contribution < -0.4 is 4.74 Å². The lowest BCUT2D eigenvalue weighted by molar-refractivity contribution is 0.300. The van der Waals surface area contributed by atoms with Gasteiger partial charge in [0.1, 0.15) is 5.75 Å². The number of benzene rings is 1. The summed E-state index contributed by atoms with van der Waals surface area (Å²) in [5, 5.41) is 1.05. The smallest absolute Gasteiger partial charge is 0.122 e. The Hall–Kier alpha value is -0.500. The molecule has 0 bridgehead atoms. The normalized spacial score (nSPS) is 11.5. The average Bonchev–Trinajstić information content (AvgIpc) is 2.36. The SMILES string of the molecule is CCC(CC)(CBr)Cc1ccccc1OC. The summed E-state index contributed by atoms with van der Waals surface area (Å²) >= 11 is 3.66. The Balaban J connectivity index is 2.93. The maximum Gasteiger partial charge on any atom is 0.122 e. The summed E-state index contributed by atoms with van der Waals surface area (Å²) in [6, 6.07) is 8.32. The third-order valence-corrected chi connectivity index (χ3v) is 4.73. The first-order valence-corrected chi connectivity index (χ1v) is 7.01. The van der Waals surface area contributed by atoms with E-state index in [1.807, 2.05) is 12.1 Å². The predicted octanol–water partition coefficient (Wildman–Crippen LogP) is 4.44. The maximum atomic E-state index is 5.41. The van der Waals surface area contributed by atoms with Crippen molar-refractivity contribution < 1.29 is 4.74 Å². The lowest BCUT2D eigenvalue weighted by atomic mass is 9.79. The molecule has 0 aliphatic carbocycles. The Kier molecular flexibility index (Phi) is 5.33. The molecule has 0 aliphatic heterocycles. The third-order valence-electron chi connectivity index (χ3n) is 3.54. The molecule has 90 valence electrons. The highest BCUT2D eigenvalue weighted by Gasteiger charge is 2.26. The molecule has 1 aromatic rings. The fraction of sp³-hybridized carbons (Fsp3) is 0.571. The van der Waals surface area contributed by atoms with Gasteiger partial charge in [0.2, 0.25) is 0 Å². The molecule has 16 heavy (non-hydrogen) atoms. The number of ether oxygens (including phenoxy) is 1. The number of para-hydroxylation sites is 1. The summed E-state index contributed by atoms with van der Waals surface area (Å²) in [7, 11) is 1.74. The molecule has 0 unspecified atom stereocenters. The van der Waals surface area contributed by atoms with E-state index in [0.29, 0.717) is 5.41 Å². The van der Waals surface area contributed by atoms with Crippen molar-refractivity contribution in [3.05, 3.63) is 29.8 Å². The number of alkyl halides is 1. The zero-order valence-corrected chi connectivity index (χ0v) is 12.0. The van der Waals surface area contributed by atoms with Crippen molar-refractivity contribution in [3.8, 4) is 5.75 Å². The molecule has 1 nitrogen and oxygen atoms in total. The molecule has 1 aromatic carbocycles. The standard InChI is InChI=1S/C14H21BrO/c1-4-14(5-2,11-15)10-12-8-6-7-9-13(12)16-3/h6-9H,4-5,10-11H2,1-3H3. The largest absolute Gasteiger partial charge is 0.496 e. The molecule has 1 rings (SSSR count). The van der Waals surface area contributed by atoms with Gasteiger partial charge in [0.25, 0.3) is 0 Å².